The Morgan fingerprint density at radius 2 is 2.11 bits per heavy atom. The van der Waals surface area contributed by atoms with Crippen molar-refractivity contribution in [3.05, 3.63) is 16.8 Å². The van der Waals surface area contributed by atoms with Gasteiger partial charge in [0, 0.05) is 6.92 Å². The maximum Gasteiger partial charge on any atom is 0.412 e. The van der Waals surface area contributed by atoms with E-state index in [1.165, 1.54) is 13.8 Å². The molecule has 0 saturated carbocycles. The Morgan fingerprint density at radius 3 is 2.56 bits per heavy atom. The third-order valence-corrected chi connectivity index (χ3v) is 2.39. The van der Waals surface area contributed by atoms with Crippen molar-refractivity contribution in [2.45, 2.75) is 20.8 Å². The van der Waals surface area contributed by atoms with Gasteiger partial charge in [-0.05, 0) is 19.4 Å². The molecule has 0 aliphatic carbocycles. The molecule has 0 bridgehead atoms. The van der Waals surface area contributed by atoms with Crippen LogP contribution in [-0.2, 0) is 4.74 Å². The van der Waals surface area contributed by atoms with Gasteiger partial charge in [0.25, 0.3) is 0 Å². The smallest absolute Gasteiger partial charge is 0.412 e. The maximum atomic E-state index is 11.3. The molecule has 0 aliphatic rings. The number of nitrogens with one attached hydrogen (secondary N) is 1. The molecule has 1 amide bonds. The van der Waals surface area contributed by atoms with Gasteiger partial charge in [-0.3, -0.25) is 14.9 Å². The van der Waals surface area contributed by atoms with Gasteiger partial charge in [0.05, 0.1) is 12.2 Å². The number of Topliss-reactive ketones (excluding diaryl/α,β-unsaturated/α-hetero) is 1. The van der Waals surface area contributed by atoms with Gasteiger partial charge >= 0.3 is 6.09 Å². The fourth-order valence-electron chi connectivity index (χ4n) is 1.63. The number of nitrogens with zero attached hydrogens (tertiary/aromatic N) is 1. The summed E-state index contributed by atoms with van der Waals surface area (Å²) in [5, 5.41) is 12.0. The van der Waals surface area contributed by atoms with Crippen molar-refractivity contribution in [1.82, 2.24) is 4.73 Å². The van der Waals surface area contributed by atoms with Gasteiger partial charge in [-0.25, -0.2) is 4.79 Å². The van der Waals surface area contributed by atoms with E-state index in [1.807, 2.05) is 0 Å². The highest BCUT2D eigenvalue weighted by atomic mass is 16.5. The molecule has 0 aliphatic heterocycles. The van der Waals surface area contributed by atoms with Gasteiger partial charge in [0.2, 0.25) is 0 Å². The van der Waals surface area contributed by atoms with E-state index in [0.717, 1.165) is 0 Å². The average molecular weight is 254 g/mol. The second-order valence-electron chi connectivity index (χ2n) is 3.57. The van der Waals surface area contributed by atoms with Crippen molar-refractivity contribution in [2.24, 2.45) is 0 Å². The molecule has 1 rings (SSSR count). The first-order valence-corrected chi connectivity index (χ1v) is 5.28. The second kappa shape index (κ2) is 5.35. The second-order valence-corrected chi connectivity index (χ2v) is 3.57. The number of hydrogen-bond acceptors (Lipinski definition) is 5. The van der Waals surface area contributed by atoms with Gasteiger partial charge < -0.3 is 9.94 Å². The highest BCUT2D eigenvalue weighted by Crippen LogP contribution is 2.24. The summed E-state index contributed by atoms with van der Waals surface area (Å²) in [5.74, 6) is -0.596. The van der Waals surface area contributed by atoms with Gasteiger partial charge in [0.15, 0.2) is 17.9 Å². The fourth-order valence-corrected chi connectivity index (χ4v) is 1.63. The predicted molar refractivity (Wildman–Crippen MR) is 62.4 cm³/mol. The Labute approximate surface area is 103 Å². The molecule has 1 aromatic rings. The lowest BCUT2D eigenvalue weighted by atomic mass is 10.1. The van der Waals surface area contributed by atoms with Crippen molar-refractivity contribution < 1.29 is 24.3 Å². The summed E-state index contributed by atoms with van der Waals surface area (Å²) < 4.78 is 5.12. The summed E-state index contributed by atoms with van der Waals surface area (Å²) in [4.78, 5) is 33.6. The Kier molecular flexibility index (Phi) is 4.09. The van der Waals surface area contributed by atoms with Crippen LogP contribution < -0.4 is 5.32 Å². The minimum Gasteiger partial charge on any atom is -0.450 e. The third kappa shape index (κ3) is 2.34. The van der Waals surface area contributed by atoms with E-state index >= 15 is 0 Å². The number of aromatic nitrogens is 1. The number of aldehydes is 1. The molecule has 0 fully saturated rings. The highest BCUT2D eigenvalue weighted by Gasteiger charge is 2.23. The van der Waals surface area contributed by atoms with E-state index in [0.29, 0.717) is 16.6 Å². The lowest BCUT2D eigenvalue weighted by Gasteiger charge is -2.06. The number of rotatable bonds is 4. The molecule has 98 valence electrons. The zero-order valence-electron chi connectivity index (χ0n) is 10.3. The topological polar surface area (TPSA) is 97.6 Å². The molecule has 7 nitrogen and oxygen atoms in total. The molecule has 0 atom stereocenters. The predicted octanol–water partition coefficient (Wildman–Crippen LogP) is 1.62. The molecular weight excluding hydrogens is 240 g/mol. The Balaban J connectivity index is 3.26. The number of carbonyl (C=O) groups excluding carboxylic acids is 3. The van der Waals surface area contributed by atoms with Crippen molar-refractivity contribution >= 4 is 24.0 Å². The molecule has 0 unspecified atom stereocenters. The first-order chi connectivity index (χ1) is 8.43. The summed E-state index contributed by atoms with van der Waals surface area (Å²) in [6.45, 7) is 4.51. The highest BCUT2D eigenvalue weighted by molar-refractivity contribution is 6.01. The molecule has 0 aromatic carbocycles. The summed E-state index contributed by atoms with van der Waals surface area (Å²) in [6, 6.07) is 0. The number of amides is 1. The van der Waals surface area contributed by atoms with Crippen LogP contribution in [0.1, 0.15) is 40.3 Å². The average Bonchev–Trinajstić information content (AvgIpc) is 2.50. The van der Waals surface area contributed by atoms with Crippen LogP contribution in [0, 0.1) is 6.92 Å². The van der Waals surface area contributed by atoms with Gasteiger partial charge in [0.1, 0.15) is 5.69 Å². The van der Waals surface area contributed by atoms with Crippen LogP contribution in [0.2, 0.25) is 0 Å². The minimum absolute atomic E-state index is 0.0377. The zero-order valence-corrected chi connectivity index (χ0v) is 10.3. The lowest BCUT2D eigenvalue weighted by Crippen LogP contribution is -2.17. The number of anilines is 1. The van der Waals surface area contributed by atoms with Crippen LogP contribution in [0.4, 0.5) is 10.6 Å². The molecule has 1 aromatic heterocycles. The summed E-state index contributed by atoms with van der Waals surface area (Å²) in [6.07, 6.45) is -0.362. The molecule has 0 saturated heterocycles. The first kappa shape index (κ1) is 13.8. The van der Waals surface area contributed by atoms with Gasteiger partial charge in [-0.15, -0.1) is 0 Å². The normalized spacial score (nSPS) is 9.94. The monoisotopic (exact) mass is 254 g/mol. The zero-order chi connectivity index (χ0) is 13.9. The van der Waals surface area contributed by atoms with Crippen molar-refractivity contribution in [3.8, 4) is 0 Å². The molecule has 0 spiro atoms. The van der Waals surface area contributed by atoms with E-state index in [-0.39, 0.29) is 23.7 Å². The molecule has 0 radical (unpaired) electrons. The summed E-state index contributed by atoms with van der Waals surface area (Å²) in [5.41, 5.74) is 0.284. The van der Waals surface area contributed by atoms with E-state index < -0.39 is 11.9 Å². The van der Waals surface area contributed by atoms with Crippen LogP contribution in [-0.4, -0.2) is 34.7 Å². The van der Waals surface area contributed by atoms with E-state index in [2.05, 4.69) is 10.1 Å². The maximum absolute atomic E-state index is 11.3. The molecule has 7 heteroatoms. The van der Waals surface area contributed by atoms with Gasteiger partial charge in [-0.1, -0.05) is 0 Å². The number of ketones is 1. The number of ether oxygens (including phenoxy) is 1. The standard InChI is InChI=1S/C11H14N2O5/c1-4-18-11(16)12-10-8(5-14)6(2)9(7(3)15)13(10)17/h5,17H,4H2,1-3H3,(H,12,16). The van der Waals surface area contributed by atoms with E-state index in [1.54, 1.807) is 6.92 Å². The molecular formula is C11H14N2O5. The SMILES string of the molecule is CCOC(=O)Nc1c(C=O)c(C)c(C(C)=O)n1O. The van der Waals surface area contributed by atoms with E-state index in [9.17, 15) is 19.6 Å². The Hall–Kier alpha value is -2.31. The van der Waals surface area contributed by atoms with Crippen LogP contribution in [0.25, 0.3) is 0 Å². The third-order valence-electron chi connectivity index (χ3n) is 2.39. The van der Waals surface area contributed by atoms with Crippen LogP contribution in [0.15, 0.2) is 0 Å². The van der Waals surface area contributed by atoms with Crippen LogP contribution in [0.3, 0.4) is 0 Å². The number of hydrogen-bond donors (Lipinski definition) is 2. The van der Waals surface area contributed by atoms with Crippen molar-refractivity contribution in [2.75, 3.05) is 11.9 Å². The largest absolute Gasteiger partial charge is 0.450 e. The van der Waals surface area contributed by atoms with Crippen molar-refractivity contribution in [1.29, 1.82) is 0 Å². The fraction of sp³-hybridized carbons (Fsp3) is 0.364. The van der Waals surface area contributed by atoms with E-state index in [4.69, 9.17) is 0 Å². The Morgan fingerprint density at radius 1 is 1.50 bits per heavy atom. The molecule has 2 N–H and O–H groups in total. The van der Waals surface area contributed by atoms with Crippen LogP contribution in [0.5, 0.6) is 0 Å². The molecule has 18 heavy (non-hydrogen) atoms. The lowest BCUT2D eigenvalue weighted by molar-refractivity contribution is 0.0963. The molecule has 1 heterocycles. The summed E-state index contributed by atoms with van der Waals surface area (Å²) in [7, 11) is 0. The van der Waals surface area contributed by atoms with Crippen LogP contribution >= 0.6 is 0 Å². The Bertz CT molecular complexity index is 504. The quantitative estimate of drug-likeness (QED) is 0.483. The van der Waals surface area contributed by atoms with Gasteiger partial charge in [-0.2, -0.15) is 4.73 Å². The number of carbonyl (C=O) groups is 3. The first-order valence-electron chi connectivity index (χ1n) is 5.28. The minimum atomic E-state index is -0.816. The van der Waals surface area contributed by atoms with Crippen molar-refractivity contribution in [3.63, 3.8) is 0 Å². The summed E-state index contributed by atoms with van der Waals surface area (Å²) >= 11 is 0.